The first-order valence-electron chi connectivity index (χ1n) is 8.12. The minimum atomic E-state index is -0.492. The van der Waals surface area contributed by atoms with Crippen LogP contribution in [0.25, 0.3) is 0 Å². The maximum Gasteiger partial charge on any atom is 0.202 e. The van der Waals surface area contributed by atoms with Gasteiger partial charge >= 0.3 is 0 Å². The van der Waals surface area contributed by atoms with Gasteiger partial charge < -0.3 is 9.84 Å². The van der Waals surface area contributed by atoms with E-state index in [0.29, 0.717) is 18.4 Å². The number of rotatable bonds is 1. The summed E-state index contributed by atoms with van der Waals surface area (Å²) in [6, 6.07) is 6.23. The molecule has 0 bridgehead atoms. The number of hydrogen-bond donors (Lipinski definition) is 1. The molecule has 126 valence electrons. The summed E-state index contributed by atoms with van der Waals surface area (Å²) in [7, 11) is 1.42. The van der Waals surface area contributed by atoms with Crippen molar-refractivity contribution in [2.45, 2.75) is 19.8 Å². The summed E-state index contributed by atoms with van der Waals surface area (Å²) >= 11 is 0. The first-order valence-corrected chi connectivity index (χ1v) is 8.12. The van der Waals surface area contributed by atoms with Crippen molar-refractivity contribution in [3.63, 3.8) is 0 Å². The number of ketones is 3. The first kappa shape index (κ1) is 15.6. The molecule has 0 saturated heterocycles. The maximum absolute atomic E-state index is 13.1. The smallest absolute Gasteiger partial charge is 0.202 e. The van der Waals surface area contributed by atoms with Crippen LogP contribution in [0.3, 0.4) is 0 Å². The monoisotopic (exact) mass is 336 g/mol. The van der Waals surface area contributed by atoms with Crippen molar-refractivity contribution < 1.29 is 24.2 Å². The number of aromatic hydroxyl groups is 1. The highest BCUT2D eigenvalue weighted by Gasteiger charge is 2.40. The highest BCUT2D eigenvalue weighted by Crippen LogP contribution is 2.42. The fraction of sp³-hybridized carbons (Fsp3) is 0.250. The molecule has 0 unspecified atom stereocenters. The van der Waals surface area contributed by atoms with Crippen molar-refractivity contribution in [2.75, 3.05) is 7.11 Å². The third kappa shape index (κ3) is 2.05. The summed E-state index contributed by atoms with van der Waals surface area (Å²) in [6.45, 7) is 1.95. The van der Waals surface area contributed by atoms with E-state index in [4.69, 9.17) is 4.74 Å². The first-order chi connectivity index (χ1) is 11.9. The lowest BCUT2D eigenvalue weighted by Gasteiger charge is -2.27. The second-order valence-electron chi connectivity index (χ2n) is 6.66. The molecule has 2 aromatic rings. The van der Waals surface area contributed by atoms with Gasteiger partial charge in [0.2, 0.25) is 5.78 Å². The van der Waals surface area contributed by atoms with Gasteiger partial charge in [-0.1, -0.05) is 19.1 Å². The molecule has 2 aromatic carbocycles. The molecule has 0 fully saturated rings. The Hall–Kier alpha value is -2.95. The van der Waals surface area contributed by atoms with Gasteiger partial charge in [0.15, 0.2) is 11.6 Å². The van der Waals surface area contributed by atoms with Crippen LogP contribution >= 0.6 is 0 Å². The molecule has 2 aliphatic rings. The van der Waals surface area contributed by atoms with E-state index in [1.807, 2.05) is 6.92 Å². The number of phenolic OH excluding ortho intramolecular Hbond substituents is 1. The average molecular weight is 336 g/mol. The number of hydrogen-bond acceptors (Lipinski definition) is 5. The van der Waals surface area contributed by atoms with Gasteiger partial charge in [-0.2, -0.15) is 0 Å². The predicted molar refractivity (Wildman–Crippen MR) is 89.8 cm³/mol. The fourth-order valence-corrected chi connectivity index (χ4v) is 3.91. The lowest BCUT2D eigenvalue weighted by atomic mass is 9.74. The molecule has 0 aliphatic heterocycles. The van der Waals surface area contributed by atoms with Gasteiger partial charge in [-0.3, -0.25) is 14.4 Å². The summed E-state index contributed by atoms with van der Waals surface area (Å²) in [5, 5.41) is 10.4. The van der Waals surface area contributed by atoms with Gasteiger partial charge in [0.1, 0.15) is 11.5 Å². The molecular weight excluding hydrogens is 320 g/mol. The third-order valence-electron chi connectivity index (χ3n) is 4.94. The fourth-order valence-electron chi connectivity index (χ4n) is 3.91. The summed E-state index contributed by atoms with van der Waals surface area (Å²) in [6.07, 6.45) is 0.922. The second-order valence-corrected chi connectivity index (χ2v) is 6.66. The second kappa shape index (κ2) is 5.28. The van der Waals surface area contributed by atoms with E-state index in [0.717, 1.165) is 0 Å². The van der Waals surface area contributed by atoms with Crippen molar-refractivity contribution in [1.29, 1.82) is 0 Å². The Morgan fingerprint density at radius 1 is 1.00 bits per heavy atom. The van der Waals surface area contributed by atoms with Crippen LogP contribution in [-0.2, 0) is 6.42 Å². The third-order valence-corrected chi connectivity index (χ3v) is 4.94. The number of fused-ring (bicyclic) bond motifs is 4. The van der Waals surface area contributed by atoms with Crippen LogP contribution in [0.15, 0.2) is 24.3 Å². The van der Waals surface area contributed by atoms with E-state index < -0.39 is 11.6 Å². The molecule has 0 radical (unpaired) electrons. The van der Waals surface area contributed by atoms with E-state index in [1.165, 1.54) is 13.2 Å². The summed E-state index contributed by atoms with van der Waals surface area (Å²) in [5.41, 5.74) is 1.21. The van der Waals surface area contributed by atoms with Gasteiger partial charge in [0, 0.05) is 23.1 Å². The Kier molecular flexibility index (Phi) is 3.29. The topological polar surface area (TPSA) is 80.7 Å². The molecule has 0 heterocycles. The van der Waals surface area contributed by atoms with Crippen molar-refractivity contribution in [3.05, 3.63) is 57.6 Å². The summed E-state index contributed by atoms with van der Waals surface area (Å²) < 4.78 is 5.21. The molecule has 5 heteroatoms. The van der Waals surface area contributed by atoms with Crippen LogP contribution < -0.4 is 4.74 Å². The number of ether oxygens (including phenoxy) is 1. The van der Waals surface area contributed by atoms with Crippen molar-refractivity contribution >= 4 is 17.3 Å². The molecule has 0 spiro atoms. The number of methoxy groups -OCH3 is 1. The standard InChI is InChI=1S/C20H16O5/c1-9-6-10-8-13(22)17-18(15(10)12(21)7-9)19(23)11-4-3-5-14(25-2)16(11)20(17)24/h3-5,8-9,22H,6-7H2,1-2H3/t9-/m0/s1. The largest absolute Gasteiger partial charge is 0.507 e. The molecule has 4 rings (SSSR count). The van der Waals surface area contributed by atoms with E-state index in [2.05, 4.69) is 0 Å². The number of benzene rings is 2. The van der Waals surface area contributed by atoms with E-state index in [1.54, 1.807) is 18.2 Å². The normalized spacial score (nSPS) is 18.5. The highest BCUT2D eigenvalue weighted by atomic mass is 16.5. The number of phenols is 1. The van der Waals surface area contributed by atoms with Gasteiger partial charge in [-0.25, -0.2) is 0 Å². The zero-order valence-electron chi connectivity index (χ0n) is 13.9. The maximum atomic E-state index is 13.1. The van der Waals surface area contributed by atoms with E-state index in [-0.39, 0.29) is 51.0 Å². The van der Waals surface area contributed by atoms with Crippen LogP contribution in [0.5, 0.6) is 11.5 Å². The van der Waals surface area contributed by atoms with E-state index in [9.17, 15) is 19.5 Å². The van der Waals surface area contributed by atoms with Crippen molar-refractivity contribution in [2.24, 2.45) is 5.92 Å². The molecular formula is C20H16O5. The zero-order valence-corrected chi connectivity index (χ0v) is 13.9. The van der Waals surface area contributed by atoms with Gasteiger partial charge in [0.25, 0.3) is 0 Å². The van der Waals surface area contributed by atoms with Gasteiger partial charge in [0.05, 0.1) is 18.2 Å². The van der Waals surface area contributed by atoms with Crippen LogP contribution in [-0.4, -0.2) is 29.6 Å². The van der Waals surface area contributed by atoms with Crippen molar-refractivity contribution in [3.8, 4) is 11.5 Å². The summed E-state index contributed by atoms with van der Waals surface area (Å²) in [5.74, 6) is -0.909. The minimum Gasteiger partial charge on any atom is -0.507 e. The molecule has 0 saturated carbocycles. The molecule has 2 aliphatic carbocycles. The summed E-state index contributed by atoms with van der Waals surface area (Å²) in [4.78, 5) is 38.7. The number of carbonyl (C=O) groups excluding carboxylic acids is 3. The lowest BCUT2D eigenvalue weighted by molar-refractivity contribution is 0.0934. The highest BCUT2D eigenvalue weighted by molar-refractivity contribution is 6.32. The SMILES string of the molecule is COc1cccc2c1C(=O)c1c(O)cc3c(c1C2=O)C(=O)C[C@@H](C)C3. The Morgan fingerprint density at radius 3 is 2.48 bits per heavy atom. The molecule has 25 heavy (non-hydrogen) atoms. The molecule has 0 aromatic heterocycles. The van der Waals surface area contributed by atoms with E-state index >= 15 is 0 Å². The predicted octanol–water partition coefficient (Wildman–Crippen LogP) is 2.94. The Bertz CT molecular complexity index is 971. The molecule has 1 N–H and O–H groups in total. The van der Waals surface area contributed by atoms with Crippen LogP contribution in [0, 0.1) is 5.92 Å². The Labute approximate surface area is 144 Å². The molecule has 5 nitrogen and oxygen atoms in total. The Balaban J connectivity index is 2.06. The molecule has 0 amide bonds. The van der Waals surface area contributed by atoms with Crippen molar-refractivity contribution in [1.82, 2.24) is 0 Å². The van der Waals surface area contributed by atoms with Gasteiger partial charge in [-0.15, -0.1) is 0 Å². The zero-order chi connectivity index (χ0) is 17.9. The average Bonchev–Trinajstić information content (AvgIpc) is 2.57. The van der Waals surface area contributed by atoms with Crippen LogP contribution in [0.4, 0.5) is 0 Å². The minimum absolute atomic E-state index is 0.0395. The number of carbonyl (C=O) groups is 3. The molecule has 1 atom stereocenters. The quantitative estimate of drug-likeness (QED) is 0.739. The lowest BCUT2D eigenvalue weighted by Crippen LogP contribution is -2.28. The van der Waals surface area contributed by atoms with Crippen LogP contribution in [0.1, 0.15) is 61.1 Å². The van der Waals surface area contributed by atoms with Crippen LogP contribution in [0.2, 0.25) is 0 Å². The van der Waals surface area contributed by atoms with Gasteiger partial charge in [-0.05, 0) is 30.0 Å². The number of Topliss-reactive ketones (excluding diaryl/α,β-unsaturated/α-hetero) is 1. The Morgan fingerprint density at radius 2 is 1.76 bits per heavy atom.